The zero-order chi connectivity index (χ0) is 13.4. The molecule has 1 saturated carbocycles. The van der Waals surface area contributed by atoms with Gasteiger partial charge in [-0.2, -0.15) is 0 Å². The van der Waals surface area contributed by atoms with E-state index < -0.39 is 10.0 Å². The molecule has 106 valence electrons. The number of nitrogens with one attached hydrogen (secondary N) is 1. The predicted molar refractivity (Wildman–Crippen MR) is 73.9 cm³/mol. The van der Waals surface area contributed by atoms with Gasteiger partial charge >= 0.3 is 0 Å². The molecule has 2 fully saturated rings. The van der Waals surface area contributed by atoms with Gasteiger partial charge in [-0.3, -0.25) is 0 Å². The van der Waals surface area contributed by atoms with E-state index in [1.807, 2.05) is 7.05 Å². The molecule has 0 aromatic carbocycles. The highest BCUT2D eigenvalue weighted by atomic mass is 32.2. The molecule has 0 amide bonds. The van der Waals surface area contributed by atoms with E-state index in [1.165, 1.54) is 31.9 Å². The number of hydrogen-bond donors (Lipinski definition) is 1. The van der Waals surface area contributed by atoms with Crippen molar-refractivity contribution in [3.8, 4) is 0 Å². The van der Waals surface area contributed by atoms with Crippen LogP contribution in [-0.2, 0) is 10.0 Å². The molecule has 5 heteroatoms. The minimum atomic E-state index is -3.00. The first-order chi connectivity index (χ1) is 8.37. The average molecular weight is 274 g/mol. The van der Waals surface area contributed by atoms with Crippen molar-refractivity contribution in [2.24, 2.45) is 11.3 Å². The van der Waals surface area contributed by atoms with Crippen LogP contribution in [0.2, 0.25) is 0 Å². The third kappa shape index (κ3) is 3.06. The lowest BCUT2D eigenvalue weighted by atomic mass is 9.83. The van der Waals surface area contributed by atoms with Gasteiger partial charge in [0.05, 0.1) is 6.26 Å². The van der Waals surface area contributed by atoms with Crippen molar-refractivity contribution in [2.45, 2.75) is 45.1 Å². The van der Waals surface area contributed by atoms with Crippen LogP contribution in [-0.4, -0.2) is 45.2 Å². The third-order valence-corrected chi connectivity index (χ3v) is 6.16. The van der Waals surface area contributed by atoms with E-state index in [0.29, 0.717) is 23.9 Å². The summed E-state index contributed by atoms with van der Waals surface area (Å²) in [4.78, 5) is 0. The molecule has 2 unspecified atom stereocenters. The molecule has 0 aromatic heterocycles. The number of sulfonamides is 1. The van der Waals surface area contributed by atoms with Crippen molar-refractivity contribution >= 4 is 10.0 Å². The largest absolute Gasteiger partial charge is 0.317 e. The lowest BCUT2D eigenvalue weighted by molar-refractivity contribution is 0.203. The molecular formula is C13H26N2O2S. The predicted octanol–water partition coefficient (Wildman–Crippen LogP) is 1.44. The Morgan fingerprint density at radius 1 is 1.44 bits per heavy atom. The Kier molecular flexibility index (Phi) is 4.04. The van der Waals surface area contributed by atoms with E-state index in [9.17, 15) is 8.42 Å². The molecule has 1 aliphatic carbocycles. The second kappa shape index (κ2) is 5.10. The molecule has 2 aliphatic rings. The highest BCUT2D eigenvalue weighted by Gasteiger charge is 2.48. The fraction of sp³-hybridized carbons (Fsp3) is 1.00. The van der Waals surface area contributed by atoms with E-state index in [-0.39, 0.29) is 0 Å². The zero-order valence-electron chi connectivity index (χ0n) is 11.8. The van der Waals surface area contributed by atoms with Crippen LogP contribution in [0.1, 0.15) is 39.0 Å². The van der Waals surface area contributed by atoms with Gasteiger partial charge in [0.25, 0.3) is 0 Å². The molecule has 0 aromatic rings. The van der Waals surface area contributed by atoms with E-state index >= 15 is 0 Å². The van der Waals surface area contributed by atoms with Crippen molar-refractivity contribution in [3.05, 3.63) is 0 Å². The van der Waals surface area contributed by atoms with Crippen LogP contribution in [0.25, 0.3) is 0 Å². The summed E-state index contributed by atoms with van der Waals surface area (Å²) in [6.45, 7) is 3.70. The quantitative estimate of drug-likeness (QED) is 0.825. The van der Waals surface area contributed by atoms with Crippen molar-refractivity contribution < 1.29 is 8.42 Å². The first-order valence-electron chi connectivity index (χ1n) is 7.00. The van der Waals surface area contributed by atoms with Crippen LogP contribution in [0.4, 0.5) is 0 Å². The van der Waals surface area contributed by atoms with Crippen LogP contribution in [0.15, 0.2) is 0 Å². The van der Waals surface area contributed by atoms with E-state index in [0.717, 1.165) is 13.0 Å². The number of hydrogen-bond acceptors (Lipinski definition) is 3. The molecule has 18 heavy (non-hydrogen) atoms. The molecule has 1 N–H and O–H groups in total. The van der Waals surface area contributed by atoms with Gasteiger partial charge in [0.15, 0.2) is 0 Å². The highest BCUT2D eigenvalue weighted by molar-refractivity contribution is 7.88. The van der Waals surface area contributed by atoms with Gasteiger partial charge in [0.2, 0.25) is 10.0 Å². The van der Waals surface area contributed by atoms with Gasteiger partial charge in [-0.1, -0.05) is 0 Å². The smallest absolute Gasteiger partial charge is 0.211 e. The van der Waals surface area contributed by atoms with Gasteiger partial charge in [-0.05, 0) is 57.4 Å². The van der Waals surface area contributed by atoms with Crippen molar-refractivity contribution in [1.82, 2.24) is 9.62 Å². The number of piperidine rings is 1. The van der Waals surface area contributed by atoms with Gasteiger partial charge in [0, 0.05) is 19.1 Å². The first kappa shape index (κ1) is 14.3. The number of nitrogens with zero attached hydrogens (tertiary/aromatic N) is 1. The minimum Gasteiger partial charge on any atom is -0.317 e. The van der Waals surface area contributed by atoms with Crippen LogP contribution in [0.5, 0.6) is 0 Å². The van der Waals surface area contributed by atoms with E-state index in [1.54, 1.807) is 4.31 Å². The topological polar surface area (TPSA) is 49.4 Å². The van der Waals surface area contributed by atoms with Crippen molar-refractivity contribution in [2.75, 3.05) is 26.4 Å². The maximum absolute atomic E-state index is 11.6. The summed E-state index contributed by atoms with van der Waals surface area (Å²) in [5.41, 5.74) is 0.444. The summed E-state index contributed by atoms with van der Waals surface area (Å²) in [5, 5.41) is 3.37. The summed E-state index contributed by atoms with van der Waals surface area (Å²) in [6.07, 6.45) is 7.31. The molecule has 1 aliphatic heterocycles. The standard InChI is InChI=1S/C13H26N2O2S/c1-11(14-2)13(6-7-13)9-12-5-4-8-15(10-12)18(3,16)17/h11-12,14H,4-10H2,1-3H3. The van der Waals surface area contributed by atoms with Crippen LogP contribution in [0.3, 0.4) is 0 Å². The number of rotatable bonds is 5. The molecule has 4 nitrogen and oxygen atoms in total. The summed E-state index contributed by atoms with van der Waals surface area (Å²) in [5.74, 6) is 0.548. The molecular weight excluding hydrogens is 248 g/mol. The van der Waals surface area contributed by atoms with Crippen LogP contribution < -0.4 is 5.32 Å². The van der Waals surface area contributed by atoms with Gasteiger partial charge in [0.1, 0.15) is 0 Å². The fourth-order valence-corrected chi connectivity index (χ4v) is 4.29. The van der Waals surface area contributed by atoms with Crippen molar-refractivity contribution in [3.63, 3.8) is 0 Å². The van der Waals surface area contributed by atoms with Crippen LogP contribution >= 0.6 is 0 Å². The van der Waals surface area contributed by atoms with E-state index in [2.05, 4.69) is 12.2 Å². The fourth-order valence-electron chi connectivity index (χ4n) is 3.35. The monoisotopic (exact) mass is 274 g/mol. The second-order valence-electron chi connectivity index (χ2n) is 6.21. The zero-order valence-corrected chi connectivity index (χ0v) is 12.6. The third-order valence-electron chi connectivity index (χ3n) is 4.89. The summed E-state index contributed by atoms with van der Waals surface area (Å²) in [6, 6.07) is 0.547. The van der Waals surface area contributed by atoms with Crippen LogP contribution in [0, 0.1) is 11.3 Å². The van der Waals surface area contributed by atoms with Gasteiger partial charge in [-0.25, -0.2) is 12.7 Å². The molecule has 0 radical (unpaired) electrons. The Balaban J connectivity index is 1.94. The average Bonchev–Trinajstić information content (AvgIpc) is 3.08. The molecule has 2 rings (SSSR count). The Morgan fingerprint density at radius 2 is 2.11 bits per heavy atom. The molecule has 0 bridgehead atoms. The highest BCUT2D eigenvalue weighted by Crippen LogP contribution is 2.54. The maximum atomic E-state index is 11.6. The summed E-state index contributed by atoms with van der Waals surface area (Å²) < 4.78 is 24.9. The molecule has 0 spiro atoms. The van der Waals surface area contributed by atoms with E-state index in [4.69, 9.17) is 0 Å². The Bertz CT molecular complexity index is 390. The first-order valence-corrected chi connectivity index (χ1v) is 8.85. The molecule has 1 saturated heterocycles. The lowest BCUT2D eigenvalue weighted by Crippen LogP contribution is -2.41. The van der Waals surface area contributed by atoms with Gasteiger partial charge < -0.3 is 5.32 Å². The van der Waals surface area contributed by atoms with Crippen molar-refractivity contribution in [1.29, 1.82) is 0 Å². The Morgan fingerprint density at radius 3 is 2.61 bits per heavy atom. The maximum Gasteiger partial charge on any atom is 0.211 e. The normalized spacial score (nSPS) is 30.1. The summed E-state index contributed by atoms with van der Waals surface area (Å²) in [7, 11) is -0.980. The Hall–Kier alpha value is -0.130. The Labute approximate surface area is 111 Å². The van der Waals surface area contributed by atoms with Gasteiger partial charge in [-0.15, -0.1) is 0 Å². The minimum absolute atomic E-state index is 0.444. The SMILES string of the molecule is CNC(C)C1(CC2CCCN(S(C)(=O)=O)C2)CC1. The molecule has 1 heterocycles. The summed E-state index contributed by atoms with van der Waals surface area (Å²) >= 11 is 0. The molecule has 2 atom stereocenters. The lowest BCUT2D eigenvalue weighted by Gasteiger charge is -2.34. The second-order valence-corrected chi connectivity index (χ2v) is 8.19.